The van der Waals surface area contributed by atoms with Crippen LogP contribution >= 0.6 is 12.4 Å². The Morgan fingerprint density at radius 2 is 2.04 bits per heavy atom. The molecule has 1 atom stereocenters. The number of benzene rings is 1. The third-order valence-corrected chi connectivity index (χ3v) is 4.61. The van der Waals surface area contributed by atoms with Crippen LogP contribution in [-0.4, -0.2) is 51.7 Å². The summed E-state index contributed by atoms with van der Waals surface area (Å²) in [7, 11) is 0. The minimum atomic E-state index is -0.633. The second-order valence-corrected chi connectivity index (χ2v) is 6.50. The molecule has 7 nitrogen and oxygen atoms in total. The second kappa shape index (κ2) is 9.66. The topological polar surface area (TPSA) is 92.1 Å². The zero-order valence-electron chi connectivity index (χ0n) is 14.9. The van der Waals surface area contributed by atoms with E-state index >= 15 is 0 Å². The van der Waals surface area contributed by atoms with Crippen molar-refractivity contribution in [1.82, 2.24) is 25.6 Å². The number of amides is 1. The van der Waals surface area contributed by atoms with E-state index in [9.17, 15) is 9.90 Å². The van der Waals surface area contributed by atoms with E-state index in [0.29, 0.717) is 18.2 Å². The molecule has 1 saturated heterocycles. The predicted molar refractivity (Wildman–Crippen MR) is 102 cm³/mol. The molecule has 26 heavy (non-hydrogen) atoms. The van der Waals surface area contributed by atoms with Gasteiger partial charge in [0.15, 0.2) is 5.69 Å². The van der Waals surface area contributed by atoms with E-state index in [1.807, 2.05) is 41.9 Å². The monoisotopic (exact) mass is 379 g/mol. The maximum absolute atomic E-state index is 12.4. The van der Waals surface area contributed by atoms with Gasteiger partial charge in [-0.2, -0.15) is 0 Å². The molecule has 0 aliphatic carbocycles. The highest BCUT2D eigenvalue weighted by Gasteiger charge is 2.23. The number of hydrogen-bond acceptors (Lipinski definition) is 5. The lowest BCUT2D eigenvalue weighted by molar-refractivity contribution is 0.0910. The first-order chi connectivity index (χ1) is 12.1. The van der Waals surface area contributed by atoms with Crippen molar-refractivity contribution in [3.05, 3.63) is 47.3 Å². The van der Waals surface area contributed by atoms with Crippen LogP contribution < -0.4 is 10.6 Å². The summed E-state index contributed by atoms with van der Waals surface area (Å²) in [4.78, 5) is 12.4. The van der Waals surface area contributed by atoms with Gasteiger partial charge in [-0.15, -0.1) is 17.5 Å². The van der Waals surface area contributed by atoms with Gasteiger partial charge in [-0.3, -0.25) is 4.79 Å². The maximum Gasteiger partial charge on any atom is 0.273 e. The van der Waals surface area contributed by atoms with Crippen molar-refractivity contribution in [2.45, 2.75) is 38.3 Å². The van der Waals surface area contributed by atoms with Gasteiger partial charge < -0.3 is 15.7 Å². The minimum absolute atomic E-state index is 0. The Balaban J connectivity index is 0.00000243. The fourth-order valence-corrected chi connectivity index (χ4v) is 3.20. The van der Waals surface area contributed by atoms with Gasteiger partial charge in [-0.25, -0.2) is 4.68 Å². The van der Waals surface area contributed by atoms with Crippen LogP contribution in [0.2, 0.25) is 0 Å². The highest BCUT2D eigenvalue weighted by molar-refractivity contribution is 5.93. The summed E-state index contributed by atoms with van der Waals surface area (Å²) in [6, 6.07) is 10.0. The van der Waals surface area contributed by atoms with Crippen molar-refractivity contribution in [2.24, 2.45) is 0 Å². The smallest absolute Gasteiger partial charge is 0.273 e. The summed E-state index contributed by atoms with van der Waals surface area (Å²) in [6.07, 6.45) is 1.84. The van der Waals surface area contributed by atoms with Crippen LogP contribution in [0.1, 0.15) is 40.6 Å². The van der Waals surface area contributed by atoms with Crippen LogP contribution in [0.5, 0.6) is 0 Å². The molecule has 0 saturated carbocycles. The molecule has 0 bridgehead atoms. The van der Waals surface area contributed by atoms with E-state index < -0.39 is 6.10 Å². The van der Waals surface area contributed by atoms with Crippen LogP contribution in [0.25, 0.3) is 0 Å². The standard InChI is InChI=1S/C18H25N5O2.ClH/c1-13-17(21-22-23(13)15-7-9-19-10-8-15)18(25)20-12-16(24)11-14-5-3-2-4-6-14;/h2-6,15-16,19,24H,7-12H2,1H3,(H,20,25);1H. The number of nitrogens with zero attached hydrogens (tertiary/aromatic N) is 3. The van der Waals surface area contributed by atoms with Gasteiger partial charge in [0.2, 0.25) is 0 Å². The number of aromatic nitrogens is 3. The molecule has 3 N–H and O–H groups in total. The first kappa shape index (κ1) is 20.4. The van der Waals surface area contributed by atoms with Crippen molar-refractivity contribution in [3.8, 4) is 0 Å². The van der Waals surface area contributed by atoms with Crippen LogP contribution in [-0.2, 0) is 6.42 Å². The van der Waals surface area contributed by atoms with Gasteiger partial charge in [0.05, 0.1) is 17.8 Å². The number of piperidine rings is 1. The van der Waals surface area contributed by atoms with Crippen molar-refractivity contribution in [3.63, 3.8) is 0 Å². The molecule has 1 aliphatic rings. The van der Waals surface area contributed by atoms with Crippen LogP contribution in [0, 0.1) is 6.92 Å². The van der Waals surface area contributed by atoms with Gasteiger partial charge in [-0.1, -0.05) is 35.5 Å². The number of nitrogens with one attached hydrogen (secondary N) is 2. The van der Waals surface area contributed by atoms with Gasteiger partial charge in [-0.05, 0) is 38.4 Å². The van der Waals surface area contributed by atoms with E-state index in [1.165, 1.54) is 0 Å². The number of aliphatic hydroxyl groups is 1. The molecule has 1 unspecified atom stereocenters. The number of rotatable bonds is 6. The molecular weight excluding hydrogens is 354 g/mol. The molecule has 1 amide bonds. The van der Waals surface area contributed by atoms with E-state index in [4.69, 9.17) is 0 Å². The van der Waals surface area contributed by atoms with E-state index in [2.05, 4.69) is 20.9 Å². The van der Waals surface area contributed by atoms with Gasteiger partial charge >= 0.3 is 0 Å². The summed E-state index contributed by atoms with van der Waals surface area (Å²) >= 11 is 0. The zero-order valence-corrected chi connectivity index (χ0v) is 15.7. The fraction of sp³-hybridized carbons (Fsp3) is 0.500. The van der Waals surface area contributed by atoms with Gasteiger partial charge in [0, 0.05) is 13.0 Å². The fourth-order valence-electron chi connectivity index (χ4n) is 3.20. The Morgan fingerprint density at radius 3 is 2.73 bits per heavy atom. The summed E-state index contributed by atoms with van der Waals surface area (Å²) in [6.45, 7) is 3.97. The molecule has 2 aromatic rings. The Morgan fingerprint density at radius 1 is 1.35 bits per heavy atom. The van der Waals surface area contributed by atoms with Crippen LogP contribution in [0.3, 0.4) is 0 Å². The van der Waals surface area contributed by atoms with E-state index in [1.54, 1.807) is 0 Å². The Hall–Kier alpha value is -1.96. The average Bonchev–Trinajstić information content (AvgIpc) is 3.03. The molecule has 1 aromatic heterocycles. The molecule has 0 radical (unpaired) electrons. The van der Waals surface area contributed by atoms with Crippen molar-refractivity contribution in [1.29, 1.82) is 0 Å². The van der Waals surface area contributed by atoms with E-state index in [-0.39, 0.29) is 24.9 Å². The summed E-state index contributed by atoms with van der Waals surface area (Å²) in [5, 5.41) is 24.4. The highest BCUT2D eigenvalue weighted by Crippen LogP contribution is 2.20. The lowest BCUT2D eigenvalue weighted by atomic mass is 10.1. The summed E-state index contributed by atoms with van der Waals surface area (Å²) in [5.74, 6) is -0.287. The normalized spacial score (nSPS) is 15.9. The lowest BCUT2D eigenvalue weighted by Crippen LogP contribution is -2.34. The molecule has 0 spiro atoms. The summed E-state index contributed by atoms with van der Waals surface area (Å²) in [5.41, 5.74) is 2.16. The Kier molecular flexibility index (Phi) is 7.56. The van der Waals surface area contributed by atoms with Gasteiger partial charge in [0.1, 0.15) is 0 Å². The van der Waals surface area contributed by atoms with Crippen LogP contribution in [0.15, 0.2) is 30.3 Å². The molecule has 2 heterocycles. The zero-order chi connectivity index (χ0) is 17.6. The third-order valence-electron chi connectivity index (χ3n) is 4.61. The quantitative estimate of drug-likeness (QED) is 0.703. The minimum Gasteiger partial charge on any atom is -0.391 e. The largest absolute Gasteiger partial charge is 0.391 e. The maximum atomic E-state index is 12.4. The SMILES string of the molecule is Cc1c(C(=O)NCC(O)Cc2ccccc2)nnn1C1CCNCC1.Cl. The number of hydrogen-bond donors (Lipinski definition) is 3. The average molecular weight is 380 g/mol. The van der Waals surface area contributed by atoms with E-state index in [0.717, 1.165) is 37.2 Å². The third kappa shape index (κ3) is 5.03. The molecule has 8 heteroatoms. The highest BCUT2D eigenvalue weighted by atomic mass is 35.5. The number of halogens is 1. The van der Waals surface area contributed by atoms with Gasteiger partial charge in [0.25, 0.3) is 5.91 Å². The molecule has 1 aliphatic heterocycles. The molecular formula is C18H26ClN5O2. The Bertz CT molecular complexity index is 701. The van der Waals surface area contributed by atoms with Crippen molar-refractivity contribution in [2.75, 3.05) is 19.6 Å². The first-order valence-corrected chi connectivity index (χ1v) is 8.78. The molecule has 1 aromatic carbocycles. The summed E-state index contributed by atoms with van der Waals surface area (Å²) < 4.78 is 1.86. The molecule has 142 valence electrons. The number of carbonyl (C=O) groups excluding carboxylic acids is 1. The Labute approximate surface area is 159 Å². The van der Waals surface area contributed by atoms with Crippen LogP contribution in [0.4, 0.5) is 0 Å². The lowest BCUT2D eigenvalue weighted by Gasteiger charge is -2.23. The predicted octanol–water partition coefficient (Wildman–Crippen LogP) is 1.27. The molecule has 3 rings (SSSR count). The van der Waals surface area contributed by atoms with Crippen molar-refractivity contribution >= 4 is 18.3 Å². The number of aliphatic hydroxyl groups excluding tert-OH is 1. The molecule has 1 fully saturated rings. The second-order valence-electron chi connectivity index (χ2n) is 6.50. The first-order valence-electron chi connectivity index (χ1n) is 8.78. The number of carbonyl (C=O) groups is 1. The van der Waals surface area contributed by atoms with Crippen molar-refractivity contribution < 1.29 is 9.90 Å².